The first kappa shape index (κ1) is 19.2. The van der Waals surface area contributed by atoms with Crippen molar-refractivity contribution in [1.29, 1.82) is 0 Å². The number of carbonyl (C=O) groups is 2. The Labute approximate surface area is 109 Å². The summed E-state index contributed by atoms with van der Waals surface area (Å²) in [5.41, 5.74) is 0. The molecule has 18 heavy (non-hydrogen) atoms. The van der Waals surface area contributed by atoms with Gasteiger partial charge in [-0.05, 0) is 13.3 Å². The van der Waals surface area contributed by atoms with Gasteiger partial charge >= 0.3 is 11.9 Å². The number of aliphatic carboxylic acids is 1. The number of hydrogen-bond donors (Lipinski definition) is 1. The highest BCUT2D eigenvalue weighted by atomic mass is 16.6. The maximum Gasteiger partial charge on any atom is 0.305 e. The Kier molecular flexibility index (Phi) is 14.9. The van der Waals surface area contributed by atoms with Gasteiger partial charge in [0, 0.05) is 19.4 Å². The molecule has 0 fully saturated rings. The SMILES string of the molecule is CCC(=O)O.CCCCOCC(C)OC(=O)CC. The summed E-state index contributed by atoms with van der Waals surface area (Å²) in [6.45, 7) is 8.61. The zero-order valence-corrected chi connectivity index (χ0v) is 11.9. The Morgan fingerprint density at radius 1 is 1.17 bits per heavy atom. The van der Waals surface area contributed by atoms with Crippen LogP contribution in [0.5, 0.6) is 0 Å². The summed E-state index contributed by atoms with van der Waals surface area (Å²) < 4.78 is 10.3. The van der Waals surface area contributed by atoms with Crippen LogP contribution in [0.25, 0.3) is 0 Å². The molecule has 0 heterocycles. The van der Waals surface area contributed by atoms with Gasteiger partial charge in [0.2, 0.25) is 0 Å². The summed E-state index contributed by atoms with van der Waals surface area (Å²) in [4.78, 5) is 20.2. The number of carbonyl (C=O) groups excluding carboxylic acids is 1. The molecule has 0 radical (unpaired) electrons. The molecule has 0 amide bonds. The molecule has 0 aromatic heterocycles. The number of ether oxygens (including phenoxy) is 2. The Morgan fingerprint density at radius 3 is 2.11 bits per heavy atom. The van der Waals surface area contributed by atoms with E-state index in [-0.39, 0.29) is 18.5 Å². The zero-order valence-electron chi connectivity index (χ0n) is 11.9. The van der Waals surface area contributed by atoms with E-state index >= 15 is 0 Å². The third-order valence-electron chi connectivity index (χ3n) is 1.92. The highest BCUT2D eigenvalue weighted by Gasteiger charge is 2.06. The minimum absolute atomic E-state index is 0.121. The van der Waals surface area contributed by atoms with Gasteiger partial charge in [-0.3, -0.25) is 9.59 Å². The summed E-state index contributed by atoms with van der Waals surface area (Å²) in [5, 5.41) is 7.72. The average Bonchev–Trinajstić information content (AvgIpc) is 2.35. The van der Waals surface area contributed by atoms with E-state index in [4.69, 9.17) is 14.6 Å². The highest BCUT2D eigenvalue weighted by molar-refractivity contribution is 5.69. The van der Waals surface area contributed by atoms with Gasteiger partial charge in [-0.2, -0.15) is 0 Å². The van der Waals surface area contributed by atoms with Crippen molar-refractivity contribution in [1.82, 2.24) is 0 Å². The second-order valence-electron chi connectivity index (χ2n) is 3.83. The Morgan fingerprint density at radius 2 is 1.72 bits per heavy atom. The van der Waals surface area contributed by atoms with Crippen LogP contribution in [0, 0.1) is 0 Å². The van der Waals surface area contributed by atoms with E-state index in [1.165, 1.54) is 0 Å². The second-order valence-corrected chi connectivity index (χ2v) is 3.83. The van der Waals surface area contributed by atoms with Crippen LogP contribution in [0.2, 0.25) is 0 Å². The maximum atomic E-state index is 10.8. The van der Waals surface area contributed by atoms with Crippen LogP contribution in [0.4, 0.5) is 0 Å². The normalized spacial score (nSPS) is 11.1. The first-order valence-electron chi connectivity index (χ1n) is 6.46. The van der Waals surface area contributed by atoms with Crippen molar-refractivity contribution in [3.63, 3.8) is 0 Å². The Balaban J connectivity index is 0. The number of rotatable bonds is 8. The molecule has 0 aromatic carbocycles. The van der Waals surface area contributed by atoms with Crippen LogP contribution in [-0.2, 0) is 19.1 Å². The average molecular weight is 262 g/mol. The molecule has 1 atom stereocenters. The van der Waals surface area contributed by atoms with E-state index in [0.717, 1.165) is 19.4 Å². The van der Waals surface area contributed by atoms with Crippen molar-refractivity contribution in [2.24, 2.45) is 0 Å². The predicted octanol–water partition coefficient (Wildman–Crippen LogP) is 2.63. The third-order valence-corrected chi connectivity index (χ3v) is 1.92. The molecule has 0 rings (SSSR count). The summed E-state index contributed by atoms with van der Waals surface area (Å²) in [6.07, 6.45) is 2.72. The van der Waals surface area contributed by atoms with Gasteiger partial charge in [0.05, 0.1) is 6.61 Å². The maximum absolute atomic E-state index is 10.8. The van der Waals surface area contributed by atoms with Crippen molar-refractivity contribution in [3.8, 4) is 0 Å². The molecule has 0 aliphatic heterocycles. The largest absolute Gasteiger partial charge is 0.481 e. The summed E-state index contributed by atoms with van der Waals surface area (Å²) in [7, 11) is 0. The fourth-order valence-electron chi connectivity index (χ4n) is 0.837. The van der Waals surface area contributed by atoms with E-state index in [0.29, 0.717) is 13.0 Å². The fraction of sp³-hybridized carbons (Fsp3) is 0.846. The van der Waals surface area contributed by atoms with Gasteiger partial charge in [-0.1, -0.05) is 27.2 Å². The van der Waals surface area contributed by atoms with Crippen molar-refractivity contribution in [3.05, 3.63) is 0 Å². The van der Waals surface area contributed by atoms with Crippen LogP contribution in [0.3, 0.4) is 0 Å². The molecule has 0 aromatic rings. The summed E-state index contributed by atoms with van der Waals surface area (Å²) >= 11 is 0. The molecule has 0 aliphatic rings. The molecule has 0 spiro atoms. The predicted molar refractivity (Wildman–Crippen MR) is 69.5 cm³/mol. The quantitative estimate of drug-likeness (QED) is 0.537. The number of unbranched alkanes of at least 4 members (excludes halogenated alkanes) is 1. The zero-order chi connectivity index (χ0) is 14.4. The molecular weight excluding hydrogens is 236 g/mol. The number of carboxylic acids is 1. The van der Waals surface area contributed by atoms with Crippen LogP contribution in [-0.4, -0.2) is 36.4 Å². The second kappa shape index (κ2) is 14.0. The van der Waals surface area contributed by atoms with Gasteiger partial charge in [-0.15, -0.1) is 0 Å². The van der Waals surface area contributed by atoms with E-state index in [1.807, 2.05) is 6.92 Å². The summed E-state index contributed by atoms with van der Waals surface area (Å²) in [6, 6.07) is 0. The number of esters is 1. The van der Waals surface area contributed by atoms with E-state index < -0.39 is 5.97 Å². The van der Waals surface area contributed by atoms with Gasteiger partial charge in [0.25, 0.3) is 0 Å². The van der Waals surface area contributed by atoms with Crippen LogP contribution >= 0.6 is 0 Å². The minimum Gasteiger partial charge on any atom is -0.481 e. The molecule has 108 valence electrons. The smallest absolute Gasteiger partial charge is 0.305 e. The molecule has 5 heteroatoms. The van der Waals surface area contributed by atoms with Gasteiger partial charge in [0.15, 0.2) is 0 Å². The molecule has 1 N–H and O–H groups in total. The molecule has 0 aliphatic carbocycles. The van der Waals surface area contributed by atoms with Crippen LogP contribution < -0.4 is 0 Å². The molecule has 0 saturated heterocycles. The van der Waals surface area contributed by atoms with E-state index in [2.05, 4.69) is 6.92 Å². The van der Waals surface area contributed by atoms with Crippen LogP contribution in [0.15, 0.2) is 0 Å². The summed E-state index contributed by atoms with van der Waals surface area (Å²) in [5.74, 6) is -0.906. The van der Waals surface area contributed by atoms with Crippen molar-refractivity contribution < 1.29 is 24.2 Å². The van der Waals surface area contributed by atoms with Gasteiger partial charge in [-0.25, -0.2) is 0 Å². The Bertz CT molecular complexity index is 215. The molecule has 0 bridgehead atoms. The topological polar surface area (TPSA) is 72.8 Å². The fourth-order valence-corrected chi connectivity index (χ4v) is 0.837. The standard InChI is InChI=1S/C10H20O3.C3H6O2/c1-4-6-7-12-8-9(3)13-10(11)5-2;1-2-3(4)5/h9H,4-8H2,1-3H3;2H2,1H3,(H,4,5). The lowest BCUT2D eigenvalue weighted by Gasteiger charge is -2.12. The van der Waals surface area contributed by atoms with Crippen molar-refractivity contribution in [2.75, 3.05) is 13.2 Å². The molecule has 5 nitrogen and oxygen atoms in total. The minimum atomic E-state index is -0.745. The third kappa shape index (κ3) is 17.3. The molecular formula is C13H26O5. The monoisotopic (exact) mass is 262 g/mol. The first-order chi connectivity index (χ1) is 8.47. The van der Waals surface area contributed by atoms with Gasteiger partial charge in [0.1, 0.15) is 6.10 Å². The van der Waals surface area contributed by atoms with E-state index in [9.17, 15) is 9.59 Å². The molecule has 0 saturated carbocycles. The highest BCUT2D eigenvalue weighted by Crippen LogP contribution is 1.96. The lowest BCUT2D eigenvalue weighted by molar-refractivity contribution is -0.150. The Hall–Kier alpha value is -1.10. The van der Waals surface area contributed by atoms with Crippen molar-refractivity contribution >= 4 is 11.9 Å². The lowest BCUT2D eigenvalue weighted by Crippen LogP contribution is -2.20. The van der Waals surface area contributed by atoms with Crippen molar-refractivity contribution in [2.45, 2.75) is 59.5 Å². The first-order valence-corrected chi connectivity index (χ1v) is 6.46. The number of carboxylic acid groups (broad SMARTS) is 1. The number of hydrogen-bond acceptors (Lipinski definition) is 4. The van der Waals surface area contributed by atoms with Gasteiger partial charge < -0.3 is 14.6 Å². The lowest BCUT2D eigenvalue weighted by atomic mass is 10.3. The molecule has 1 unspecified atom stereocenters. The van der Waals surface area contributed by atoms with Crippen LogP contribution in [0.1, 0.15) is 53.4 Å². The van der Waals surface area contributed by atoms with E-state index in [1.54, 1.807) is 13.8 Å².